The molecule has 0 aliphatic heterocycles. The fourth-order valence-corrected chi connectivity index (χ4v) is 5.25. The number of nitrogens with one attached hydrogen (secondary N) is 2. The van der Waals surface area contributed by atoms with E-state index in [1.165, 1.54) is 18.2 Å². The molecule has 12 heteroatoms. The van der Waals surface area contributed by atoms with E-state index in [4.69, 9.17) is 10.8 Å². The van der Waals surface area contributed by atoms with E-state index < -0.39 is 40.5 Å². The smallest absolute Gasteiger partial charge is 0.435 e. The Hall–Kier alpha value is -3.41. The summed E-state index contributed by atoms with van der Waals surface area (Å²) in [4.78, 5) is 35.6. The number of primary amides is 1. The number of hydrogen-bond donors (Lipinski definition) is 4. The Morgan fingerprint density at radius 1 is 1.16 bits per heavy atom. The largest absolute Gasteiger partial charge is 0.480 e. The van der Waals surface area contributed by atoms with Gasteiger partial charge in [-0.05, 0) is 55.7 Å². The van der Waals surface area contributed by atoms with Crippen LogP contribution in [0, 0.1) is 5.41 Å². The molecule has 200 valence electrons. The summed E-state index contributed by atoms with van der Waals surface area (Å²) in [6.07, 6.45) is -1.76. The van der Waals surface area contributed by atoms with Gasteiger partial charge in [0.25, 0.3) is 5.91 Å². The SMILES string of the molecule is CC1(C)CC(=O)c2c(C(F)(F)F)nn(-c3ccc(C(N)=O)c(NC4CCC(NCC(=O)O)CC4)c3)c2C1. The van der Waals surface area contributed by atoms with Crippen molar-refractivity contribution in [3.63, 3.8) is 0 Å². The highest BCUT2D eigenvalue weighted by Crippen LogP contribution is 2.42. The number of alkyl halides is 3. The van der Waals surface area contributed by atoms with Gasteiger partial charge in [-0.3, -0.25) is 14.4 Å². The van der Waals surface area contributed by atoms with E-state index in [1.54, 1.807) is 0 Å². The third-order valence-electron chi connectivity index (χ3n) is 6.96. The molecule has 2 aliphatic rings. The standard InChI is InChI=1S/C25H30F3N5O4/c1-24(2)10-18-21(19(34)11-24)22(25(26,27)28)32-33(18)15-7-8-16(23(29)37)17(9-15)31-14-5-3-13(4-6-14)30-12-20(35)36/h7-9,13-14,30-31H,3-6,10-12H2,1-2H3,(H2,29,37)(H,35,36). The number of nitrogens with two attached hydrogens (primary N) is 1. The van der Waals surface area contributed by atoms with Gasteiger partial charge in [0.05, 0.1) is 29.1 Å². The van der Waals surface area contributed by atoms with Gasteiger partial charge in [-0.1, -0.05) is 13.8 Å². The molecule has 1 heterocycles. The number of aliphatic carboxylic acids is 1. The van der Waals surface area contributed by atoms with Gasteiger partial charge in [0.2, 0.25) is 0 Å². The van der Waals surface area contributed by atoms with Crippen LogP contribution in [0.15, 0.2) is 18.2 Å². The van der Waals surface area contributed by atoms with Crippen molar-refractivity contribution < 1.29 is 32.7 Å². The molecule has 1 fully saturated rings. The summed E-state index contributed by atoms with van der Waals surface area (Å²) in [7, 11) is 0. The lowest BCUT2D eigenvalue weighted by Crippen LogP contribution is -2.39. The molecule has 0 unspecified atom stereocenters. The summed E-state index contributed by atoms with van der Waals surface area (Å²) >= 11 is 0. The van der Waals surface area contributed by atoms with Crippen LogP contribution in [0.25, 0.3) is 5.69 Å². The zero-order valence-electron chi connectivity index (χ0n) is 20.6. The molecular weight excluding hydrogens is 491 g/mol. The number of Topliss-reactive ketones (excluding diaryl/α,β-unsaturated/α-hetero) is 1. The van der Waals surface area contributed by atoms with Gasteiger partial charge in [0.1, 0.15) is 0 Å². The molecule has 1 amide bonds. The Labute approximate surface area is 211 Å². The maximum Gasteiger partial charge on any atom is 0.435 e. The maximum absolute atomic E-state index is 13.8. The quantitative estimate of drug-likeness (QED) is 0.437. The van der Waals surface area contributed by atoms with Crippen molar-refractivity contribution in [3.8, 4) is 5.69 Å². The summed E-state index contributed by atoms with van der Waals surface area (Å²) in [6.45, 7) is 3.52. The molecule has 0 spiro atoms. The van der Waals surface area contributed by atoms with Crippen LogP contribution in [-0.4, -0.2) is 51.2 Å². The third kappa shape index (κ3) is 5.79. The van der Waals surface area contributed by atoms with E-state index in [9.17, 15) is 27.6 Å². The Balaban J connectivity index is 1.66. The minimum Gasteiger partial charge on any atom is -0.480 e. The van der Waals surface area contributed by atoms with Crippen molar-refractivity contribution in [2.75, 3.05) is 11.9 Å². The number of aromatic nitrogens is 2. The van der Waals surface area contributed by atoms with E-state index in [-0.39, 0.29) is 48.4 Å². The molecule has 0 bridgehead atoms. The maximum atomic E-state index is 13.8. The van der Waals surface area contributed by atoms with Gasteiger partial charge in [-0.2, -0.15) is 18.3 Å². The van der Waals surface area contributed by atoms with Crippen LogP contribution in [0.4, 0.5) is 18.9 Å². The van der Waals surface area contributed by atoms with Crippen molar-refractivity contribution in [1.29, 1.82) is 0 Å². The minimum absolute atomic E-state index is 0.00775. The number of carbonyl (C=O) groups excluding carboxylic acids is 2. The molecule has 1 aromatic carbocycles. The molecule has 2 aliphatic carbocycles. The van der Waals surface area contributed by atoms with Crippen molar-refractivity contribution in [2.24, 2.45) is 11.1 Å². The Bertz CT molecular complexity index is 1230. The number of nitrogens with zero attached hydrogens (tertiary/aromatic N) is 2. The lowest BCUT2D eigenvalue weighted by molar-refractivity contribution is -0.141. The first-order valence-electron chi connectivity index (χ1n) is 12.1. The molecular formula is C25H30F3N5O4. The van der Waals surface area contributed by atoms with Gasteiger partial charge in [-0.15, -0.1) is 0 Å². The number of halogens is 3. The van der Waals surface area contributed by atoms with Crippen LogP contribution in [0.2, 0.25) is 0 Å². The van der Waals surface area contributed by atoms with Crippen molar-refractivity contribution >= 4 is 23.3 Å². The molecule has 5 N–H and O–H groups in total. The topological polar surface area (TPSA) is 139 Å². The van der Waals surface area contributed by atoms with Crippen LogP contribution < -0.4 is 16.4 Å². The van der Waals surface area contributed by atoms with E-state index in [0.29, 0.717) is 18.5 Å². The molecule has 9 nitrogen and oxygen atoms in total. The summed E-state index contributed by atoms with van der Waals surface area (Å²) < 4.78 is 42.6. The minimum atomic E-state index is -4.80. The first-order chi connectivity index (χ1) is 17.2. The average Bonchev–Trinajstić information content (AvgIpc) is 3.17. The summed E-state index contributed by atoms with van der Waals surface area (Å²) in [5.41, 5.74) is 4.45. The van der Waals surface area contributed by atoms with Crippen LogP contribution in [0.3, 0.4) is 0 Å². The number of carbonyl (C=O) groups is 3. The molecule has 0 atom stereocenters. The second kappa shape index (κ2) is 9.81. The predicted octanol–water partition coefficient (Wildman–Crippen LogP) is 3.54. The average molecular weight is 522 g/mol. The number of ketones is 1. The molecule has 2 aromatic rings. The van der Waals surface area contributed by atoms with Crippen LogP contribution >= 0.6 is 0 Å². The normalized spacial score (nSPS) is 21.4. The highest BCUT2D eigenvalue weighted by molar-refractivity contribution is 6.00. The van der Waals surface area contributed by atoms with E-state index in [0.717, 1.165) is 17.5 Å². The number of fused-ring (bicyclic) bond motifs is 1. The number of anilines is 1. The van der Waals surface area contributed by atoms with Gasteiger partial charge in [-0.25, -0.2) is 4.68 Å². The first kappa shape index (κ1) is 26.6. The monoisotopic (exact) mass is 521 g/mol. The highest BCUT2D eigenvalue weighted by Gasteiger charge is 2.45. The Morgan fingerprint density at radius 2 is 1.81 bits per heavy atom. The number of rotatable bonds is 7. The van der Waals surface area contributed by atoms with Crippen LogP contribution in [0.1, 0.15) is 78.1 Å². The lowest BCUT2D eigenvalue weighted by atomic mass is 9.75. The van der Waals surface area contributed by atoms with E-state index in [2.05, 4.69) is 15.7 Å². The molecule has 1 saturated carbocycles. The molecule has 37 heavy (non-hydrogen) atoms. The van der Waals surface area contributed by atoms with Crippen LogP contribution in [0.5, 0.6) is 0 Å². The molecule has 0 saturated heterocycles. The molecule has 0 radical (unpaired) electrons. The fourth-order valence-electron chi connectivity index (χ4n) is 5.25. The third-order valence-corrected chi connectivity index (χ3v) is 6.96. The zero-order valence-corrected chi connectivity index (χ0v) is 20.6. The first-order valence-corrected chi connectivity index (χ1v) is 12.1. The number of benzene rings is 1. The Morgan fingerprint density at radius 3 is 2.41 bits per heavy atom. The number of hydrogen-bond acceptors (Lipinski definition) is 6. The van der Waals surface area contributed by atoms with Crippen LogP contribution in [-0.2, 0) is 17.4 Å². The molecule has 1 aromatic heterocycles. The van der Waals surface area contributed by atoms with Crippen molar-refractivity contribution in [2.45, 2.75) is 70.6 Å². The number of amides is 1. The van der Waals surface area contributed by atoms with Gasteiger partial charge in [0.15, 0.2) is 11.5 Å². The second-order valence-corrected chi connectivity index (χ2v) is 10.6. The summed E-state index contributed by atoms with van der Waals surface area (Å²) in [5, 5.41) is 19.0. The van der Waals surface area contributed by atoms with E-state index >= 15 is 0 Å². The van der Waals surface area contributed by atoms with E-state index in [1.807, 2.05) is 13.8 Å². The highest BCUT2D eigenvalue weighted by atomic mass is 19.4. The lowest BCUT2D eigenvalue weighted by Gasteiger charge is -2.31. The Kier molecular flexibility index (Phi) is 7.06. The predicted molar refractivity (Wildman–Crippen MR) is 129 cm³/mol. The van der Waals surface area contributed by atoms with Gasteiger partial charge < -0.3 is 21.5 Å². The zero-order chi connectivity index (χ0) is 27.1. The summed E-state index contributed by atoms with van der Waals surface area (Å²) in [5.74, 6) is -2.21. The summed E-state index contributed by atoms with van der Waals surface area (Å²) in [6, 6.07) is 4.46. The van der Waals surface area contributed by atoms with Gasteiger partial charge in [0, 0.05) is 24.2 Å². The van der Waals surface area contributed by atoms with Gasteiger partial charge >= 0.3 is 12.1 Å². The molecule has 4 rings (SSSR count). The fraction of sp³-hybridized carbons (Fsp3) is 0.520. The van der Waals surface area contributed by atoms with Crippen molar-refractivity contribution in [1.82, 2.24) is 15.1 Å². The van der Waals surface area contributed by atoms with Crippen molar-refractivity contribution in [3.05, 3.63) is 40.7 Å². The number of carboxylic acids is 1. The number of carboxylic acid groups (broad SMARTS) is 1. The second-order valence-electron chi connectivity index (χ2n) is 10.6.